The lowest BCUT2D eigenvalue weighted by atomic mass is 9.26. The molecule has 0 spiro atoms. The van der Waals surface area contributed by atoms with Gasteiger partial charge in [0.25, 0.3) is 0 Å². The second kappa shape index (κ2) is 15.7. The van der Waals surface area contributed by atoms with E-state index in [1.807, 2.05) is 5.47 Å². The predicted octanol–water partition coefficient (Wildman–Crippen LogP) is 15.1. The molecule has 372 valence electrons. The Kier molecular flexibility index (Phi) is 11.4. The van der Waals surface area contributed by atoms with E-state index in [0.717, 1.165) is 23.7 Å². The Morgan fingerprint density at radius 3 is 1.49 bits per heavy atom. The number of rotatable bonds is 3. The molecular weight excluding hydrogens is 814 g/mol. The number of ether oxygens (including phenoxy) is 1. The molecule has 0 bridgehead atoms. The van der Waals surface area contributed by atoms with Crippen molar-refractivity contribution in [3.63, 3.8) is 0 Å². The fraction of sp³-hybridized carbons (Fsp3) is 0.839. The van der Waals surface area contributed by atoms with Crippen LogP contribution in [0.5, 0.6) is 0 Å². The number of benzene rings is 1. The number of fused-ring (bicyclic) bond motifs is 9. The maximum atomic E-state index is 8.12. The van der Waals surface area contributed by atoms with Crippen molar-refractivity contribution >= 4 is 12.2 Å². The summed E-state index contributed by atoms with van der Waals surface area (Å²) in [7, 11) is 0. The maximum Gasteiger partial charge on any atom is 0.215 e. The van der Waals surface area contributed by atoms with Crippen molar-refractivity contribution in [2.75, 3.05) is 0 Å². The molecule has 5 aliphatic heterocycles. The minimum absolute atomic E-state index is 0.117. The van der Waals surface area contributed by atoms with E-state index >= 15 is 0 Å². The van der Waals surface area contributed by atoms with Gasteiger partial charge in [-0.25, -0.2) is 0 Å². The van der Waals surface area contributed by atoms with Crippen LogP contribution >= 0.6 is 0 Å². The second-order valence-electron chi connectivity index (χ2n) is 32.0. The van der Waals surface area contributed by atoms with Crippen molar-refractivity contribution < 1.29 is 4.74 Å². The van der Waals surface area contributed by atoms with Crippen LogP contribution in [0.4, 0.5) is 0 Å². The third kappa shape index (κ3) is 8.12. The van der Waals surface area contributed by atoms with E-state index in [1.54, 1.807) is 28.2 Å². The molecule has 1 aromatic rings. The predicted molar refractivity (Wildman–Crippen MR) is 284 cm³/mol. The zero-order valence-electron chi connectivity index (χ0n) is 47.1. The summed E-state index contributed by atoms with van der Waals surface area (Å²) < 4.78 is 8.12. The normalized spacial score (nSPS) is 37.6. The van der Waals surface area contributed by atoms with Gasteiger partial charge in [0.05, 0.1) is 18.1 Å². The molecule has 67 heavy (non-hydrogen) atoms. The molecule has 10 rings (SSSR count). The first kappa shape index (κ1) is 48.6. The summed E-state index contributed by atoms with van der Waals surface area (Å²) in [6, 6.07) is 7.80. The standard InChI is InChI=1S/C62H100BN3O/c1-35-25-41(61(15,16)17)26-36(2)51(35)63-45-31-42(62(18,19)20)32-50-53(45)66-55-52(63)43-29-39(59(9,10)11)21-23-46(43)64(55)48-27-37(33-57(3,4)5)38(34-58(6,7)8)28-49(48)65-47-24-22-40(60(12,13)14)30-44(47)54(67-50)56(65)66/h25-26,37-40,42-50,53H,21-24,27-34H2,1-20H3. The minimum atomic E-state index is 0.117. The fourth-order valence-corrected chi connectivity index (χ4v) is 17.7. The highest BCUT2D eigenvalue weighted by Gasteiger charge is 2.69. The Bertz CT molecular complexity index is 2130. The van der Waals surface area contributed by atoms with Crippen LogP contribution in [0, 0.1) is 82.3 Å². The van der Waals surface area contributed by atoms with Gasteiger partial charge in [-0.05, 0) is 164 Å². The molecule has 0 N–H and O–H groups in total. The van der Waals surface area contributed by atoms with E-state index in [0.29, 0.717) is 82.2 Å². The van der Waals surface area contributed by atoms with Gasteiger partial charge in [0, 0.05) is 18.0 Å². The van der Waals surface area contributed by atoms with E-state index in [2.05, 4.69) is 165 Å². The number of hydrogen-bond acceptors (Lipinski definition) is 4. The van der Waals surface area contributed by atoms with E-state index < -0.39 is 0 Å². The zero-order chi connectivity index (χ0) is 48.6. The summed E-state index contributed by atoms with van der Waals surface area (Å²) in [5.74, 6) is 9.94. The third-order valence-electron chi connectivity index (χ3n) is 20.8. The molecule has 9 aliphatic rings. The molecule has 0 radical (unpaired) electrons. The Morgan fingerprint density at radius 1 is 0.537 bits per heavy atom. The monoisotopic (exact) mass is 914 g/mol. The molecule has 5 heterocycles. The Hall–Kier alpha value is -2.04. The van der Waals surface area contributed by atoms with Gasteiger partial charge in [-0.3, -0.25) is 0 Å². The Balaban J connectivity index is 1.27. The summed E-state index contributed by atoms with van der Waals surface area (Å²) in [6.45, 7) is 51.0. The molecule has 1 aromatic carbocycles. The van der Waals surface area contributed by atoms with Crippen molar-refractivity contribution in [2.24, 2.45) is 68.5 Å². The van der Waals surface area contributed by atoms with Crippen molar-refractivity contribution in [3.8, 4) is 0 Å². The number of aryl methyl sites for hydroxylation is 2. The topological polar surface area (TPSA) is 19.0 Å². The summed E-state index contributed by atoms with van der Waals surface area (Å²) in [6.07, 6.45) is 16.0. The summed E-state index contributed by atoms with van der Waals surface area (Å²) in [5.41, 5.74) is 9.73. The highest BCUT2D eigenvalue weighted by atomic mass is 16.5. The van der Waals surface area contributed by atoms with Crippen LogP contribution in [0.25, 0.3) is 0 Å². The fourth-order valence-electron chi connectivity index (χ4n) is 17.7. The molecule has 4 aliphatic carbocycles. The first-order chi connectivity index (χ1) is 30.8. The van der Waals surface area contributed by atoms with E-state index in [1.165, 1.54) is 88.4 Å². The van der Waals surface area contributed by atoms with Gasteiger partial charge in [0.2, 0.25) is 6.71 Å². The van der Waals surface area contributed by atoms with Gasteiger partial charge >= 0.3 is 0 Å². The third-order valence-corrected chi connectivity index (χ3v) is 20.8. The average molecular weight is 914 g/mol. The van der Waals surface area contributed by atoms with Crippen molar-refractivity contribution in [1.82, 2.24) is 14.7 Å². The summed E-state index contributed by atoms with van der Waals surface area (Å²) >= 11 is 0. The van der Waals surface area contributed by atoms with Gasteiger partial charge in [0.1, 0.15) is 23.5 Å². The molecule has 4 nitrogen and oxygen atoms in total. The van der Waals surface area contributed by atoms with Crippen LogP contribution < -0.4 is 5.46 Å². The van der Waals surface area contributed by atoms with E-state index in [9.17, 15) is 0 Å². The van der Waals surface area contributed by atoms with Crippen LogP contribution in [0.3, 0.4) is 0 Å². The molecule has 4 saturated carbocycles. The first-order valence-corrected chi connectivity index (χ1v) is 28.4. The number of nitrogens with zero attached hydrogens (tertiary/aromatic N) is 3. The molecule has 5 fully saturated rings. The smallest absolute Gasteiger partial charge is 0.215 e. The van der Waals surface area contributed by atoms with Crippen LogP contribution in [-0.4, -0.2) is 57.7 Å². The largest absolute Gasteiger partial charge is 0.488 e. The van der Waals surface area contributed by atoms with Crippen LogP contribution in [0.15, 0.2) is 35.0 Å². The maximum absolute atomic E-state index is 8.12. The second-order valence-corrected chi connectivity index (χ2v) is 32.0. The highest BCUT2D eigenvalue weighted by molar-refractivity contribution is 6.82. The van der Waals surface area contributed by atoms with Crippen molar-refractivity contribution in [1.29, 1.82) is 0 Å². The molecule has 14 unspecified atom stereocenters. The van der Waals surface area contributed by atoms with Gasteiger partial charge in [0.15, 0.2) is 0 Å². The molecule has 14 atom stereocenters. The molecule has 5 heteroatoms. The van der Waals surface area contributed by atoms with E-state index in [-0.39, 0.29) is 16.9 Å². The van der Waals surface area contributed by atoms with Crippen molar-refractivity contribution in [3.05, 3.63) is 51.7 Å². The molecule has 0 aromatic heterocycles. The summed E-state index contributed by atoms with van der Waals surface area (Å²) in [4.78, 5) is 9.75. The van der Waals surface area contributed by atoms with Crippen molar-refractivity contribution in [2.45, 2.75) is 263 Å². The van der Waals surface area contributed by atoms with E-state index in [4.69, 9.17) is 4.74 Å². The van der Waals surface area contributed by atoms with Crippen LogP contribution in [0.2, 0.25) is 5.82 Å². The quantitative estimate of drug-likeness (QED) is 0.281. The van der Waals surface area contributed by atoms with Crippen LogP contribution in [-0.2, 0) is 10.2 Å². The first-order valence-electron chi connectivity index (χ1n) is 28.4. The lowest BCUT2D eigenvalue weighted by Crippen LogP contribution is -2.64. The molecule has 0 amide bonds. The summed E-state index contributed by atoms with van der Waals surface area (Å²) in [5, 5.41) is 0. The van der Waals surface area contributed by atoms with Gasteiger partial charge in [-0.15, -0.1) is 0 Å². The molecular formula is C62H100BN3O. The highest BCUT2D eigenvalue weighted by Crippen LogP contribution is 2.66. The number of hydrogen-bond donors (Lipinski definition) is 0. The average Bonchev–Trinajstić information content (AvgIpc) is 3.64. The Morgan fingerprint density at radius 2 is 1.01 bits per heavy atom. The Labute approximate surface area is 413 Å². The van der Waals surface area contributed by atoms with Gasteiger partial charge in [-0.1, -0.05) is 165 Å². The minimum Gasteiger partial charge on any atom is -0.488 e. The van der Waals surface area contributed by atoms with Crippen LogP contribution in [0.1, 0.15) is 218 Å². The SMILES string of the molecule is Cc1cc(C(C)(C)C)cc(C)c1B1C2=C3N4C5=C(OC6CC(C(C)(C)C)CC1C64)C1CC(C(C)(C)C)CCC1N5C1CC(CC(C)(C)C)C(CC(C)(C)C)CC1N3C1CCC(C(C)(C)C)CC21. The lowest BCUT2D eigenvalue weighted by Gasteiger charge is -2.58. The van der Waals surface area contributed by atoms with Gasteiger partial charge in [-0.2, -0.15) is 0 Å². The molecule has 1 saturated heterocycles. The lowest BCUT2D eigenvalue weighted by molar-refractivity contribution is -0.0623. The zero-order valence-corrected chi connectivity index (χ0v) is 47.1. The van der Waals surface area contributed by atoms with Gasteiger partial charge < -0.3 is 19.4 Å².